The summed E-state index contributed by atoms with van der Waals surface area (Å²) >= 11 is 12.6. The molecule has 0 heterocycles. The lowest BCUT2D eigenvalue weighted by Crippen LogP contribution is -2.04. The third-order valence-corrected chi connectivity index (χ3v) is 4.85. The maximum absolute atomic E-state index is 4.32. The Kier molecular flexibility index (Phi) is 12.4. The van der Waals surface area contributed by atoms with Gasteiger partial charge in [0.05, 0.1) is 0 Å². The van der Waals surface area contributed by atoms with Crippen LogP contribution in [0, 0.1) is 5.92 Å². The molecule has 1 unspecified atom stereocenters. The van der Waals surface area contributed by atoms with Gasteiger partial charge < -0.3 is 0 Å². The molecule has 0 aliphatic heterocycles. The highest BCUT2D eigenvalue weighted by molar-refractivity contribution is 9.05. The predicted molar refractivity (Wildman–Crippen MR) is 74.1 cm³/mol. The van der Waals surface area contributed by atoms with Gasteiger partial charge in [-0.15, -0.1) is 0 Å². The summed E-state index contributed by atoms with van der Waals surface area (Å²) in [7, 11) is 3.36. The van der Waals surface area contributed by atoms with Crippen LogP contribution in [0.4, 0.5) is 0 Å². The molecule has 5 heteroatoms. The summed E-state index contributed by atoms with van der Waals surface area (Å²) in [6.07, 6.45) is 3.80. The third kappa shape index (κ3) is 8.35. The van der Waals surface area contributed by atoms with Crippen LogP contribution >= 0.6 is 57.5 Å². The molecule has 0 aromatic carbocycles. The first-order valence-corrected chi connectivity index (χ1v) is 8.63. The van der Waals surface area contributed by atoms with Crippen LogP contribution < -0.4 is 0 Å². The van der Waals surface area contributed by atoms with E-state index in [2.05, 4.69) is 36.9 Å². The van der Waals surface area contributed by atoms with Crippen LogP contribution in [0.3, 0.4) is 0 Å². The van der Waals surface area contributed by atoms with E-state index in [4.69, 9.17) is 0 Å². The Morgan fingerprint density at radius 2 is 1.92 bits per heavy atom. The molecule has 0 aliphatic carbocycles. The second kappa shape index (κ2) is 10.8. The van der Waals surface area contributed by atoms with Crippen LogP contribution in [0.5, 0.6) is 0 Å². The van der Waals surface area contributed by atoms with Crippen molar-refractivity contribution < 1.29 is 0 Å². The Morgan fingerprint density at radius 1 is 1.17 bits per heavy atom. The highest BCUT2D eigenvalue weighted by atomic mass is 33.5. The Balaban J connectivity index is 3.26. The van der Waals surface area contributed by atoms with Crippen molar-refractivity contribution in [3.8, 4) is 0 Å². The number of hydrogen-bond donors (Lipinski definition) is 3. The van der Waals surface area contributed by atoms with Gasteiger partial charge in [0.25, 0.3) is 0 Å². The molecule has 0 spiro atoms. The normalized spacial score (nSPS) is 13.2. The first-order chi connectivity index (χ1) is 5.85. The van der Waals surface area contributed by atoms with Gasteiger partial charge in [-0.2, -0.15) is 25.3 Å². The fraction of sp³-hybridized carbons (Fsp3) is 1.00. The molecule has 0 bridgehead atoms. The van der Waals surface area contributed by atoms with Crippen molar-refractivity contribution in [3.05, 3.63) is 0 Å². The van der Waals surface area contributed by atoms with Crippen LogP contribution in [0.2, 0.25) is 0 Å². The zero-order valence-corrected chi connectivity index (χ0v) is 11.3. The molecule has 0 nitrogen and oxygen atoms in total. The molecule has 0 saturated carbocycles. The SMILES string of the molecule is SCCCCC(CS)CSSS. The van der Waals surface area contributed by atoms with Gasteiger partial charge >= 0.3 is 0 Å². The molecule has 0 amide bonds. The molecule has 0 aromatic rings. The van der Waals surface area contributed by atoms with Crippen molar-refractivity contribution in [3.63, 3.8) is 0 Å². The predicted octanol–water partition coefficient (Wildman–Crippen LogP) is 3.86. The maximum Gasteiger partial charge on any atom is 0.00812 e. The topological polar surface area (TPSA) is 0 Å². The molecule has 0 rings (SSSR count). The Morgan fingerprint density at radius 3 is 2.42 bits per heavy atom. The summed E-state index contributed by atoms with van der Waals surface area (Å²) in [4.78, 5) is 0. The Bertz CT molecular complexity index is 87.9. The smallest absolute Gasteiger partial charge is 0.00812 e. The van der Waals surface area contributed by atoms with Gasteiger partial charge in [0.2, 0.25) is 0 Å². The fourth-order valence-corrected chi connectivity index (χ4v) is 3.45. The summed E-state index contributed by atoms with van der Waals surface area (Å²) in [5, 5.41) is 0. The van der Waals surface area contributed by atoms with E-state index in [-0.39, 0.29) is 0 Å². The molecular weight excluding hydrogens is 244 g/mol. The van der Waals surface area contributed by atoms with Gasteiger partial charge in [0.1, 0.15) is 0 Å². The van der Waals surface area contributed by atoms with E-state index in [9.17, 15) is 0 Å². The molecular formula is C7H16S5. The largest absolute Gasteiger partial charge is 0.179 e. The molecule has 0 N–H and O–H groups in total. The summed E-state index contributed by atoms with van der Waals surface area (Å²) < 4.78 is 0. The van der Waals surface area contributed by atoms with Crippen molar-refractivity contribution in [2.24, 2.45) is 5.92 Å². The van der Waals surface area contributed by atoms with Crippen LogP contribution in [-0.2, 0) is 0 Å². The van der Waals surface area contributed by atoms with Crippen molar-refractivity contribution in [1.82, 2.24) is 0 Å². The van der Waals surface area contributed by atoms with E-state index in [0.29, 0.717) is 0 Å². The highest BCUT2D eigenvalue weighted by Crippen LogP contribution is 2.28. The number of rotatable bonds is 8. The van der Waals surface area contributed by atoms with Crippen molar-refractivity contribution in [2.75, 3.05) is 17.3 Å². The first kappa shape index (κ1) is 13.8. The average molecular weight is 261 g/mol. The second-order valence-corrected chi connectivity index (χ2v) is 6.65. The van der Waals surface area contributed by atoms with Crippen LogP contribution in [0.25, 0.3) is 0 Å². The lowest BCUT2D eigenvalue weighted by molar-refractivity contribution is 0.569. The van der Waals surface area contributed by atoms with E-state index in [1.54, 1.807) is 9.83 Å². The minimum absolute atomic E-state index is 0.748. The van der Waals surface area contributed by atoms with Gasteiger partial charge in [-0.3, -0.25) is 0 Å². The molecule has 12 heavy (non-hydrogen) atoms. The lowest BCUT2D eigenvalue weighted by Gasteiger charge is -2.11. The highest BCUT2D eigenvalue weighted by Gasteiger charge is 2.05. The minimum atomic E-state index is 0.748. The van der Waals surface area contributed by atoms with Crippen molar-refractivity contribution >= 4 is 57.5 Å². The quantitative estimate of drug-likeness (QED) is 0.344. The van der Waals surface area contributed by atoms with Gasteiger partial charge in [-0.05, 0) is 40.1 Å². The summed E-state index contributed by atoms with van der Waals surface area (Å²) in [5.41, 5.74) is 0. The van der Waals surface area contributed by atoms with E-state index < -0.39 is 0 Å². The van der Waals surface area contributed by atoms with Gasteiger partial charge in [0, 0.05) is 5.75 Å². The number of hydrogen-bond acceptors (Lipinski definition) is 5. The summed E-state index contributed by atoms with van der Waals surface area (Å²) in [5.74, 6) is 3.92. The van der Waals surface area contributed by atoms with E-state index in [1.165, 1.54) is 25.0 Å². The zero-order valence-electron chi connectivity index (χ0n) is 6.98. The standard InChI is InChI=1S/C7H16S5/c8-4-2-1-3-7(5-9)6-11-12-10/h7-10H,1-6H2. The average Bonchev–Trinajstić information content (AvgIpc) is 2.11. The lowest BCUT2D eigenvalue weighted by atomic mass is 10.1. The number of thiol groups is 3. The Labute approximate surface area is 99.4 Å². The van der Waals surface area contributed by atoms with Gasteiger partial charge in [-0.25, -0.2) is 0 Å². The summed E-state index contributed by atoms with van der Waals surface area (Å²) in [6, 6.07) is 0. The zero-order chi connectivity index (χ0) is 9.23. The van der Waals surface area contributed by atoms with Crippen LogP contribution in [-0.4, -0.2) is 17.3 Å². The maximum atomic E-state index is 4.32. The molecule has 0 aliphatic rings. The fourth-order valence-electron chi connectivity index (χ4n) is 0.899. The molecule has 0 fully saturated rings. The van der Waals surface area contributed by atoms with E-state index in [0.717, 1.165) is 17.4 Å². The van der Waals surface area contributed by atoms with E-state index >= 15 is 0 Å². The van der Waals surface area contributed by atoms with Crippen LogP contribution in [0.15, 0.2) is 0 Å². The molecule has 74 valence electrons. The van der Waals surface area contributed by atoms with Crippen molar-refractivity contribution in [2.45, 2.75) is 19.3 Å². The molecule has 0 aromatic heterocycles. The van der Waals surface area contributed by atoms with Gasteiger partial charge in [0.15, 0.2) is 0 Å². The van der Waals surface area contributed by atoms with Crippen molar-refractivity contribution in [1.29, 1.82) is 0 Å². The Hall–Kier alpha value is 1.75. The molecule has 0 radical (unpaired) electrons. The molecule has 1 atom stereocenters. The molecule has 0 saturated heterocycles. The second-order valence-electron chi connectivity index (χ2n) is 2.63. The van der Waals surface area contributed by atoms with E-state index in [1.807, 2.05) is 10.8 Å². The first-order valence-electron chi connectivity index (χ1n) is 4.00. The summed E-state index contributed by atoms with van der Waals surface area (Å²) in [6.45, 7) is 0. The third-order valence-electron chi connectivity index (χ3n) is 1.64. The van der Waals surface area contributed by atoms with Gasteiger partial charge in [-0.1, -0.05) is 28.9 Å². The number of unbranched alkanes of at least 4 members (excludes halogenated alkanes) is 1. The monoisotopic (exact) mass is 260 g/mol. The van der Waals surface area contributed by atoms with Crippen LogP contribution in [0.1, 0.15) is 19.3 Å². The minimum Gasteiger partial charge on any atom is -0.179 e.